The van der Waals surface area contributed by atoms with Crippen molar-refractivity contribution in [3.63, 3.8) is 0 Å². The number of halogens is 2. The van der Waals surface area contributed by atoms with Gasteiger partial charge in [-0.2, -0.15) is 0 Å². The third-order valence-electron chi connectivity index (χ3n) is 3.43. The molecule has 1 atom stereocenters. The molecule has 2 aromatic carbocycles. The Morgan fingerprint density at radius 3 is 2.62 bits per heavy atom. The molecule has 0 saturated carbocycles. The van der Waals surface area contributed by atoms with Crippen LogP contribution in [0.2, 0.25) is 0 Å². The summed E-state index contributed by atoms with van der Waals surface area (Å²) in [5.41, 5.74) is 3.73. The highest BCUT2D eigenvalue weighted by atomic mass is 19.1. The number of furan rings is 1. The molecule has 3 rings (SSSR count). The molecule has 108 valence electrons. The van der Waals surface area contributed by atoms with Crippen LogP contribution < -0.4 is 11.3 Å². The van der Waals surface area contributed by atoms with Crippen molar-refractivity contribution in [1.82, 2.24) is 5.43 Å². The van der Waals surface area contributed by atoms with Gasteiger partial charge in [-0.15, -0.1) is 0 Å². The minimum atomic E-state index is -0.600. The standard InChI is InChI=1S/C16H14F2N2O/c17-12-6-5-10(13(18)9-12)7-14(20-19)16-8-11-3-1-2-4-15(11)21-16/h1-6,8-9,14,20H,7,19H2. The Labute approximate surface area is 120 Å². The van der Waals surface area contributed by atoms with Gasteiger partial charge in [-0.1, -0.05) is 24.3 Å². The Hall–Kier alpha value is -2.24. The highest BCUT2D eigenvalue weighted by molar-refractivity contribution is 5.77. The number of nitrogens with one attached hydrogen (secondary N) is 1. The van der Waals surface area contributed by atoms with E-state index in [-0.39, 0.29) is 6.42 Å². The second-order valence-corrected chi connectivity index (χ2v) is 4.85. The summed E-state index contributed by atoms with van der Waals surface area (Å²) in [4.78, 5) is 0. The van der Waals surface area contributed by atoms with Gasteiger partial charge >= 0.3 is 0 Å². The number of benzene rings is 2. The van der Waals surface area contributed by atoms with Gasteiger partial charge in [0.2, 0.25) is 0 Å². The summed E-state index contributed by atoms with van der Waals surface area (Å²) in [5, 5.41) is 0.951. The summed E-state index contributed by atoms with van der Waals surface area (Å²) in [6, 6.07) is 12.5. The Morgan fingerprint density at radius 1 is 1.10 bits per heavy atom. The molecule has 0 aliphatic rings. The summed E-state index contributed by atoms with van der Waals surface area (Å²) in [7, 11) is 0. The minimum absolute atomic E-state index is 0.266. The van der Waals surface area contributed by atoms with Gasteiger partial charge in [0.05, 0.1) is 6.04 Å². The zero-order chi connectivity index (χ0) is 14.8. The molecule has 0 aliphatic carbocycles. The zero-order valence-corrected chi connectivity index (χ0v) is 11.1. The quantitative estimate of drug-likeness (QED) is 0.571. The van der Waals surface area contributed by atoms with E-state index in [1.807, 2.05) is 30.3 Å². The van der Waals surface area contributed by atoms with Crippen LogP contribution in [-0.4, -0.2) is 0 Å². The van der Waals surface area contributed by atoms with Gasteiger partial charge in [-0.3, -0.25) is 5.84 Å². The zero-order valence-electron chi connectivity index (χ0n) is 11.1. The highest BCUT2D eigenvalue weighted by Crippen LogP contribution is 2.26. The summed E-state index contributed by atoms with van der Waals surface area (Å²) in [6.07, 6.45) is 0.266. The predicted molar refractivity (Wildman–Crippen MR) is 76.3 cm³/mol. The summed E-state index contributed by atoms with van der Waals surface area (Å²) in [5.74, 6) is 4.97. The second kappa shape index (κ2) is 5.63. The molecule has 3 aromatic rings. The number of para-hydroxylation sites is 1. The van der Waals surface area contributed by atoms with E-state index < -0.39 is 17.7 Å². The number of hydrogen-bond donors (Lipinski definition) is 2. The van der Waals surface area contributed by atoms with Crippen LogP contribution in [0.15, 0.2) is 52.9 Å². The van der Waals surface area contributed by atoms with Crippen molar-refractivity contribution < 1.29 is 13.2 Å². The van der Waals surface area contributed by atoms with Crippen molar-refractivity contribution >= 4 is 11.0 Å². The normalized spacial score (nSPS) is 12.7. The Balaban J connectivity index is 1.90. The van der Waals surface area contributed by atoms with Gasteiger partial charge in [0, 0.05) is 11.5 Å². The largest absolute Gasteiger partial charge is 0.459 e. The number of fused-ring (bicyclic) bond motifs is 1. The minimum Gasteiger partial charge on any atom is -0.459 e. The smallest absolute Gasteiger partial charge is 0.134 e. The summed E-state index contributed by atoms with van der Waals surface area (Å²) >= 11 is 0. The topological polar surface area (TPSA) is 51.2 Å². The molecule has 1 unspecified atom stereocenters. The number of rotatable bonds is 4. The molecule has 0 radical (unpaired) electrons. The van der Waals surface area contributed by atoms with Crippen LogP contribution >= 0.6 is 0 Å². The maximum Gasteiger partial charge on any atom is 0.134 e. The van der Waals surface area contributed by atoms with Crippen molar-refractivity contribution in [1.29, 1.82) is 0 Å². The van der Waals surface area contributed by atoms with Crippen LogP contribution in [0.1, 0.15) is 17.4 Å². The predicted octanol–water partition coefficient (Wildman–Crippen LogP) is 3.46. The summed E-state index contributed by atoms with van der Waals surface area (Å²) in [6.45, 7) is 0. The fourth-order valence-electron chi connectivity index (χ4n) is 2.32. The molecular weight excluding hydrogens is 274 g/mol. The first-order chi connectivity index (χ1) is 10.2. The van der Waals surface area contributed by atoms with Gasteiger partial charge in [0.15, 0.2) is 0 Å². The van der Waals surface area contributed by atoms with Gasteiger partial charge in [0.1, 0.15) is 23.0 Å². The maximum atomic E-state index is 13.7. The molecule has 5 heteroatoms. The second-order valence-electron chi connectivity index (χ2n) is 4.85. The van der Waals surface area contributed by atoms with Gasteiger partial charge < -0.3 is 4.42 Å². The highest BCUT2D eigenvalue weighted by Gasteiger charge is 2.17. The summed E-state index contributed by atoms with van der Waals surface area (Å²) < 4.78 is 32.4. The van der Waals surface area contributed by atoms with E-state index in [0.29, 0.717) is 11.3 Å². The van der Waals surface area contributed by atoms with Crippen LogP contribution in [0.3, 0.4) is 0 Å². The molecule has 3 nitrogen and oxygen atoms in total. The van der Waals surface area contributed by atoms with E-state index >= 15 is 0 Å². The molecule has 0 amide bonds. The van der Waals surface area contributed by atoms with E-state index in [1.165, 1.54) is 12.1 Å². The van der Waals surface area contributed by atoms with Crippen molar-refractivity contribution in [2.45, 2.75) is 12.5 Å². The lowest BCUT2D eigenvalue weighted by molar-refractivity contribution is 0.429. The Morgan fingerprint density at radius 2 is 1.90 bits per heavy atom. The fraction of sp³-hybridized carbons (Fsp3) is 0.125. The first kappa shape index (κ1) is 13.7. The molecule has 1 heterocycles. The Kier molecular flexibility index (Phi) is 3.68. The molecule has 21 heavy (non-hydrogen) atoms. The van der Waals surface area contributed by atoms with Crippen LogP contribution in [0, 0.1) is 11.6 Å². The van der Waals surface area contributed by atoms with Crippen LogP contribution in [0.25, 0.3) is 11.0 Å². The Bertz CT molecular complexity index is 737. The first-order valence-corrected chi connectivity index (χ1v) is 6.56. The molecule has 3 N–H and O–H groups in total. The average molecular weight is 288 g/mol. The van der Waals surface area contributed by atoms with Crippen LogP contribution in [-0.2, 0) is 6.42 Å². The molecule has 0 fully saturated rings. The molecule has 1 aromatic heterocycles. The molecule has 0 saturated heterocycles. The van der Waals surface area contributed by atoms with Crippen LogP contribution in [0.4, 0.5) is 8.78 Å². The first-order valence-electron chi connectivity index (χ1n) is 6.56. The maximum absolute atomic E-state index is 13.7. The SMILES string of the molecule is NNC(Cc1ccc(F)cc1F)c1cc2ccccc2o1. The fourth-order valence-corrected chi connectivity index (χ4v) is 2.32. The van der Waals surface area contributed by atoms with E-state index in [2.05, 4.69) is 5.43 Å². The van der Waals surface area contributed by atoms with Crippen LogP contribution in [0.5, 0.6) is 0 Å². The lowest BCUT2D eigenvalue weighted by Gasteiger charge is -2.13. The number of hydrogen-bond acceptors (Lipinski definition) is 3. The average Bonchev–Trinajstić information content (AvgIpc) is 2.90. The van der Waals surface area contributed by atoms with E-state index in [9.17, 15) is 8.78 Å². The van der Waals surface area contributed by atoms with Crippen molar-refractivity contribution in [2.75, 3.05) is 0 Å². The third-order valence-corrected chi connectivity index (χ3v) is 3.43. The van der Waals surface area contributed by atoms with Gasteiger partial charge in [-0.05, 0) is 30.2 Å². The molecule has 0 bridgehead atoms. The van der Waals surface area contributed by atoms with E-state index in [4.69, 9.17) is 10.3 Å². The van der Waals surface area contributed by atoms with Crippen molar-refractivity contribution in [3.8, 4) is 0 Å². The number of nitrogens with two attached hydrogens (primary N) is 1. The number of hydrazine groups is 1. The monoisotopic (exact) mass is 288 g/mol. The molecule has 0 aliphatic heterocycles. The van der Waals surface area contributed by atoms with Gasteiger partial charge in [-0.25, -0.2) is 14.2 Å². The third kappa shape index (κ3) is 2.79. The lowest BCUT2D eigenvalue weighted by atomic mass is 10.0. The van der Waals surface area contributed by atoms with E-state index in [1.54, 1.807) is 0 Å². The lowest BCUT2D eigenvalue weighted by Crippen LogP contribution is -2.29. The van der Waals surface area contributed by atoms with Crippen molar-refractivity contribution in [2.24, 2.45) is 5.84 Å². The molecular formula is C16H14F2N2O. The van der Waals surface area contributed by atoms with E-state index in [0.717, 1.165) is 17.0 Å². The van der Waals surface area contributed by atoms with Gasteiger partial charge in [0.25, 0.3) is 0 Å². The van der Waals surface area contributed by atoms with Crippen molar-refractivity contribution in [3.05, 3.63) is 71.5 Å². The molecule has 0 spiro atoms.